The highest BCUT2D eigenvalue weighted by Gasteiger charge is 2.01. The van der Waals surface area contributed by atoms with Crippen molar-refractivity contribution in [2.45, 2.75) is 12.8 Å². The maximum Gasteiger partial charge on any atom is 0.0830 e. The van der Waals surface area contributed by atoms with Gasteiger partial charge in [0, 0.05) is 18.1 Å². The summed E-state index contributed by atoms with van der Waals surface area (Å²) in [4.78, 5) is 1.38. The molecule has 2 rings (SSSR count). The van der Waals surface area contributed by atoms with E-state index in [1.165, 1.54) is 8.66 Å². The zero-order valence-electron chi connectivity index (χ0n) is 7.77. The lowest BCUT2D eigenvalue weighted by atomic mass is 10.2. The van der Waals surface area contributed by atoms with Gasteiger partial charge < -0.3 is 0 Å². The van der Waals surface area contributed by atoms with Crippen molar-refractivity contribution in [1.29, 1.82) is 0 Å². The fourth-order valence-electron chi connectivity index (χ4n) is 1.25. The van der Waals surface area contributed by atoms with E-state index >= 15 is 0 Å². The number of rotatable bonds is 3. The average Bonchev–Trinajstić information content (AvgIpc) is 2.72. The van der Waals surface area contributed by atoms with Gasteiger partial charge in [0.1, 0.15) is 0 Å². The molecule has 5 heteroatoms. The van der Waals surface area contributed by atoms with E-state index in [9.17, 15) is 0 Å². The number of hydrogen-bond donors (Lipinski definition) is 0. The second-order valence-electron chi connectivity index (χ2n) is 3.09. The van der Waals surface area contributed by atoms with Gasteiger partial charge in [-0.05, 0) is 40.9 Å². The van der Waals surface area contributed by atoms with Crippen molar-refractivity contribution < 1.29 is 0 Å². The lowest BCUT2D eigenvalue weighted by Gasteiger charge is -1.92. The van der Waals surface area contributed by atoms with Crippen molar-refractivity contribution in [1.82, 2.24) is 15.0 Å². The molecule has 0 radical (unpaired) electrons. The summed E-state index contributed by atoms with van der Waals surface area (Å²) in [5, 5.41) is 7.94. The number of nitrogens with zero attached hydrogens (tertiary/aromatic N) is 3. The first-order chi connectivity index (χ1) is 6.74. The normalized spacial score (nSPS) is 10.7. The predicted octanol–water partition coefficient (Wildman–Crippen LogP) is 2.42. The number of halogens is 1. The smallest absolute Gasteiger partial charge is 0.0830 e. The maximum absolute atomic E-state index is 4.04. The fraction of sp³-hybridized carbons (Fsp3) is 0.333. The fourth-order valence-corrected chi connectivity index (χ4v) is 2.73. The lowest BCUT2D eigenvalue weighted by Crippen LogP contribution is -1.88. The van der Waals surface area contributed by atoms with Gasteiger partial charge >= 0.3 is 0 Å². The van der Waals surface area contributed by atoms with E-state index in [4.69, 9.17) is 0 Å². The topological polar surface area (TPSA) is 30.7 Å². The molecule has 0 aliphatic carbocycles. The number of thiophene rings is 1. The van der Waals surface area contributed by atoms with Gasteiger partial charge in [-0.3, -0.25) is 4.68 Å². The Morgan fingerprint density at radius 3 is 2.86 bits per heavy atom. The van der Waals surface area contributed by atoms with Crippen molar-refractivity contribution >= 4 is 27.3 Å². The summed E-state index contributed by atoms with van der Waals surface area (Å²) >= 11 is 5.22. The Morgan fingerprint density at radius 2 is 2.29 bits per heavy atom. The van der Waals surface area contributed by atoms with Crippen LogP contribution in [-0.2, 0) is 19.9 Å². The van der Waals surface area contributed by atoms with Crippen LogP contribution in [0, 0.1) is 0 Å². The molecule has 0 aliphatic heterocycles. The minimum absolute atomic E-state index is 0.959. The van der Waals surface area contributed by atoms with Crippen LogP contribution in [0.25, 0.3) is 0 Å². The van der Waals surface area contributed by atoms with Crippen LogP contribution in [0.5, 0.6) is 0 Å². The largest absolute Gasteiger partial charge is 0.255 e. The Labute approximate surface area is 94.9 Å². The quantitative estimate of drug-likeness (QED) is 0.859. The Kier molecular flexibility index (Phi) is 2.98. The van der Waals surface area contributed by atoms with Gasteiger partial charge in [-0.1, -0.05) is 5.21 Å². The summed E-state index contributed by atoms with van der Waals surface area (Å²) in [5.41, 5.74) is 1.05. The molecule has 0 bridgehead atoms. The number of aromatic nitrogens is 3. The summed E-state index contributed by atoms with van der Waals surface area (Å²) in [6.07, 6.45) is 3.96. The van der Waals surface area contributed by atoms with Gasteiger partial charge in [0.15, 0.2) is 0 Å². The van der Waals surface area contributed by atoms with Crippen molar-refractivity contribution in [3.8, 4) is 0 Å². The molecule has 2 aromatic heterocycles. The van der Waals surface area contributed by atoms with Crippen LogP contribution in [-0.4, -0.2) is 15.0 Å². The zero-order valence-corrected chi connectivity index (χ0v) is 10.2. The molecule has 2 aromatic rings. The Balaban J connectivity index is 1.94. The van der Waals surface area contributed by atoms with Gasteiger partial charge in [-0.2, -0.15) is 0 Å². The van der Waals surface area contributed by atoms with Gasteiger partial charge in [-0.25, -0.2) is 0 Å². The van der Waals surface area contributed by atoms with Crippen molar-refractivity contribution in [3.63, 3.8) is 0 Å². The van der Waals surface area contributed by atoms with Crippen molar-refractivity contribution in [2.75, 3.05) is 0 Å². The molecule has 14 heavy (non-hydrogen) atoms. The molecule has 0 unspecified atom stereocenters. The van der Waals surface area contributed by atoms with Gasteiger partial charge in [0.25, 0.3) is 0 Å². The first kappa shape index (κ1) is 9.86. The van der Waals surface area contributed by atoms with Crippen molar-refractivity contribution in [3.05, 3.63) is 32.7 Å². The highest BCUT2D eigenvalue weighted by atomic mass is 79.9. The molecular formula is C9H10BrN3S. The van der Waals surface area contributed by atoms with Gasteiger partial charge in [0.2, 0.25) is 0 Å². The third kappa shape index (κ3) is 2.42. The molecule has 0 fully saturated rings. The minimum atomic E-state index is 0.959. The van der Waals surface area contributed by atoms with Gasteiger partial charge in [0.05, 0.1) is 9.48 Å². The number of hydrogen-bond acceptors (Lipinski definition) is 3. The Morgan fingerprint density at radius 1 is 1.43 bits per heavy atom. The van der Waals surface area contributed by atoms with Crippen LogP contribution in [0.15, 0.2) is 22.1 Å². The molecule has 0 atom stereocenters. The van der Waals surface area contributed by atoms with E-state index in [2.05, 4.69) is 38.4 Å². The second-order valence-corrected chi connectivity index (χ2v) is 5.64. The molecule has 0 aliphatic rings. The van der Waals surface area contributed by atoms with Crippen LogP contribution in [0.4, 0.5) is 0 Å². The third-order valence-electron chi connectivity index (χ3n) is 1.91. The third-order valence-corrected chi connectivity index (χ3v) is 3.59. The summed E-state index contributed by atoms with van der Waals surface area (Å²) < 4.78 is 2.92. The van der Waals surface area contributed by atoms with Crippen molar-refractivity contribution in [2.24, 2.45) is 7.05 Å². The van der Waals surface area contributed by atoms with Gasteiger partial charge in [-0.15, -0.1) is 16.4 Å². The van der Waals surface area contributed by atoms with Crippen LogP contribution >= 0.6 is 27.3 Å². The molecule has 0 N–H and O–H groups in total. The molecule has 74 valence electrons. The minimum Gasteiger partial charge on any atom is -0.255 e. The zero-order chi connectivity index (χ0) is 9.97. The predicted molar refractivity (Wildman–Crippen MR) is 60.4 cm³/mol. The molecule has 3 nitrogen and oxygen atoms in total. The number of aryl methyl sites for hydroxylation is 3. The van der Waals surface area contributed by atoms with Crippen LogP contribution in [0.1, 0.15) is 10.6 Å². The van der Waals surface area contributed by atoms with E-state index in [-0.39, 0.29) is 0 Å². The van der Waals surface area contributed by atoms with E-state index in [1.807, 2.05) is 13.2 Å². The summed E-state index contributed by atoms with van der Waals surface area (Å²) in [6.45, 7) is 0. The second kappa shape index (κ2) is 4.23. The average molecular weight is 272 g/mol. The van der Waals surface area contributed by atoms with Crippen LogP contribution in [0.2, 0.25) is 0 Å². The highest BCUT2D eigenvalue weighted by molar-refractivity contribution is 9.11. The highest BCUT2D eigenvalue weighted by Crippen LogP contribution is 2.22. The molecule has 2 heterocycles. The standard InChI is InChI=1S/C9H10BrN3S/c1-13-6-7(11-12-13)2-3-8-4-5-9(10)14-8/h4-6H,2-3H2,1H3. The summed E-state index contributed by atoms with van der Waals surface area (Å²) in [7, 11) is 1.89. The Bertz CT molecular complexity index is 381. The summed E-state index contributed by atoms with van der Waals surface area (Å²) in [6, 6.07) is 4.22. The summed E-state index contributed by atoms with van der Waals surface area (Å²) in [5.74, 6) is 0. The van der Waals surface area contributed by atoms with Crippen LogP contribution < -0.4 is 0 Å². The maximum atomic E-state index is 4.04. The Hall–Kier alpha value is -0.680. The first-order valence-corrected chi connectivity index (χ1v) is 5.94. The molecule has 0 saturated carbocycles. The molecule has 0 amide bonds. The molecule has 0 aromatic carbocycles. The van der Waals surface area contributed by atoms with E-state index in [1.54, 1.807) is 16.0 Å². The van der Waals surface area contributed by atoms with E-state index in [0.717, 1.165) is 18.5 Å². The first-order valence-electron chi connectivity index (χ1n) is 4.33. The van der Waals surface area contributed by atoms with Crippen LogP contribution in [0.3, 0.4) is 0 Å². The van der Waals surface area contributed by atoms with E-state index in [0.29, 0.717) is 0 Å². The molecule has 0 spiro atoms. The van der Waals surface area contributed by atoms with E-state index < -0.39 is 0 Å². The molecular weight excluding hydrogens is 262 g/mol. The monoisotopic (exact) mass is 271 g/mol. The lowest BCUT2D eigenvalue weighted by molar-refractivity contribution is 0.713. The molecule has 0 saturated heterocycles. The SMILES string of the molecule is Cn1cc(CCc2ccc(Br)s2)nn1.